The van der Waals surface area contributed by atoms with E-state index in [0.29, 0.717) is 5.92 Å². The fourth-order valence-electron chi connectivity index (χ4n) is 1.86. The topological polar surface area (TPSA) is 0 Å². The molecule has 0 aliphatic carbocycles. The molecule has 0 nitrogen and oxygen atoms in total. The van der Waals surface area contributed by atoms with Gasteiger partial charge in [-0.05, 0) is 30.0 Å². The lowest BCUT2D eigenvalue weighted by molar-refractivity contribution is 0.573. The zero-order chi connectivity index (χ0) is 11.1. The molecule has 0 aliphatic heterocycles. The SMILES string of the molecule is CCCCCC[C@H](C)c1cccc(F)c1. The normalized spacial score (nSPS) is 12.7. The molecule has 0 aromatic heterocycles. The highest BCUT2D eigenvalue weighted by atomic mass is 19.1. The van der Waals surface area contributed by atoms with Gasteiger partial charge in [0, 0.05) is 0 Å². The van der Waals surface area contributed by atoms with Gasteiger partial charge in [-0.15, -0.1) is 0 Å². The van der Waals surface area contributed by atoms with Gasteiger partial charge in [0.15, 0.2) is 0 Å². The molecule has 1 rings (SSSR count). The number of hydrogen-bond acceptors (Lipinski definition) is 0. The molecule has 1 atom stereocenters. The Bertz CT molecular complexity index is 280. The molecule has 1 aromatic carbocycles. The van der Waals surface area contributed by atoms with Crippen molar-refractivity contribution in [2.24, 2.45) is 0 Å². The van der Waals surface area contributed by atoms with Crippen molar-refractivity contribution >= 4 is 0 Å². The Morgan fingerprint density at radius 3 is 2.67 bits per heavy atom. The van der Waals surface area contributed by atoms with E-state index >= 15 is 0 Å². The largest absolute Gasteiger partial charge is 0.207 e. The first-order chi connectivity index (χ1) is 7.24. The highest BCUT2D eigenvalue weighted by molar-refractivity contribution is 5.19. The van der Waals surface area contributed by atoms with Crippen LogP contribution in [0.15, 0.2) is 24.3 Å². The summed E-state index contributed by atoms with van der Waals surface area (Å²) in [6, 6.07) is 6.98. The predicted molar refractivity (Wildman–Crippen MR) is 63.6 cm³/mol. The zero-order valence-corrected chi connectivity index (χ0v) is 9.80. The monoisotopic (exact) mass is 208 g/mol. The third kappa shape index (κ3) is 4.46. The van der Waals surface area contributed by atoms with Crippen LogP contribution in [-0.2, 0) is 0 Å². The summed E-state index contributed by atoms with van der Waals surface area (Å²) in [7, 11) is 0. The van der Waals surface area contributed by atoms with Crippen LogP contribution in [0.4, 0.5) is 4.39 Å². The lowest BCUT2D eigenvalue weighted by Gasteiger charge is -2.11. The molecule has 0 unspecified atom stereocenters. The third-order valence-corrected chi connectivity index (χ3v) is 2.91. The van der Waals surface area contributed by atoms with Gasteiger partial charge in [0.05, 0.1) is 0 Å². The van der Waals surface area contributed by atoms with Gasteiger partial charge in [0.25, 0.3) is 0 Å². The maximum atomic E-state index is 13.0. The molecular weight excluding hydrogens is 187 g/mol. The smallest absolute Gasteiger partial charge is 0.123 e. The number of unbranched alkanes of at least 4 members (excludes halogenated alkanes) is 3. The molecule has 0 spiro atoms. The summed E-state index contributed by atoms with van der Waals surface area (Å²) < 4.78 is 13.0. The first-order valence-corrected chi connectivity index (χ1v) is 5.99. The summed E-state index contributed by atoms with van der Waals surface area (Å²) in [6.45, 7) is 4.40. The third-order valence-electron chi connectivity index (χ3n) is 2.91. The van der Waals surface area contributed by atoms with Crippen LogP contribution in [0.2, 0.25) is 0 Å². The molecule has 15 heavy (non-hydrogen) atoms. The van der Waals surface area contributed by atoms with Crippen molar-refractivity contribution in [3.8, 4) is 0 Å². The van der Waals surface area contributed by atoms with Crippen LogP contribution in [0.1, 0.15) is 57.4 Å². The Labute approximate surface area is 92.5 Å². The van der Waals surface area contributed by atoms with E-state index in [0.717, 1.165) is 5.56 Å². The van der Waals surface area contributed by atoms with Crippen LogP contribution >= 0.6 is 0 Å². The number of benzene rings is 1. The van der Waals surface area contributed by atoms with Gasteiger partial charge in [0.1, 0.15) is 5.82 Å². The van der Waals surface area contributed by atoms with E-state index in [2.05, 4.69) is 13.8 Å². The number of rotatable bonds is 6. The van der Waals surface area contributed by atoms with Crippen LogP contribution < -0.4 is 0 Å². The summed E-state index contributed by atoms with van der Waals surface area (Å²) in [5.41, 5.74) is 1.13. The maximum Gasteiger partial charge on any atom is 0.123 e. The van der Waals surface area contributed by atoms with E-state index in [1.807, 2.05) is 6.07 Å². The van der Waals surface area contributed by atoms with Gasteiger partial charge in [-0.1, -0.05) is 51.7 Å². The lowest BCUT2D eigenvalue weighted by Crippen LogP contribution is -1.94. The first kappa shape index (κ1) is 12.2. The molecule has 0 saturated carbocycles. The highest BCUT2D eigenvalue weighted by Crippen LogP contribution is 2.22. The quantitative estimate of drug-likeness (QED) is 0.583. The highest BCUT2D eigenvalue weighted by Gasteiger charge is 2.05. The molecule has 1 heteroatoms. The van der Waals surface area contributed by atoms with E-state index in [4.69, 9.17) is 0 Å². The second-order valence-electron chi connectivity index (χ2n) is 4.31. The van der Waals surface area contributed by atoms with Gasteiger partial charge in [-0.3, -0.25) is 0 Å². The van der Waals surface area contributed by atoms with E-state index in [1.54, 1.807) is 12.1 Å². The lowest BCUT2D eigenvalue weighted by atomic mass is 9.95. The van der Waals surface area contributed by atoms with Crippen LogP contribution in [0.5, 0.6) is 0 Å². The second kappa shape index (κ2) is 6.60. The molecular formula is C14H21F. The van der Waals surface area contributed by atoms with Gasteiger partial charge in [-0.25, -0.2) is 4.39 Å². The summed E-state index contributed by atoms with van der Waals surface area (Å²) in [4.78, 5) is 0. The average Bonchev–Trinajstić information content (AvgIpc) is 2.24. The molecule has 0 aliphatic rings. The molecule has 0 N–H and O–H groups in total. The minimum Gasteiger partial charge on any atom is -0.207 e. The van der Waals surface area contributed by atoms with Crippen molar-refractivity contribution < 1.29 is 4.39 Å². The van der Waals surface area contributed by atoms with E-state index in [9.17, 15) is 4.39 Å². The van der Waals surface area contributed by atoms with E-state index in [-0.39, 0.29) is 5.82 Å². The molecule has 0 saturated heterocycles. The van der Waals surface area contributed by atoms with Crippen molar-refractivity contribution in [3.05, 3.63) is 35.6 Å². The molecule has 0 heterocycles. The Hall–Kier alpha value is -0.850. The Morgan fingerprint density at radius 2 is 2.00 bits per heavy atom. The van der Waals surface area contributed by atoms with E-state index in [1.165, 1.54) is 38.2 Å². The van der Waals surface area contributed by atoms with Crippen LogP contribution in [0.25, 0.3) is 0 Å². The molecule has 84 valence electrons. The minimum absolute atomic E-state index is 0.118. The fraction of sp³-hybridized carbons (Fsp3) is 0.571. The summed E-state index contributed by atoms with van der Waals surface area (Å²) in [6.07, 6.45) is 6.31. The Morgan fingerprint density at radius 1 is 1.20 bits per heavy atom. The summed E-state index contributed by atoms with van der Waals surface area (Å²) in [5, 5.41) is 0. The van der Waals surface area contributed by atoms with E-state index < -0.39 is 0 Å². The zero-order valence-electron chi connectivity index (χ0n) is 9.80. The van der Waals surface area contributed by atoms with Crippen molar-refractivity contribution in [1.82, 2.24) is 0 Å². The van der Waals surface area contributed by atoms with Crippen molar-refractivity contribution in [3.63, 3.8) is 0 Å². The number of hydrogen-bond donors (Lipinski definition) is 0. The minimum atomic E-state index is -0.118. The standard InChI is InChI=1S/C14H21F/c1-3-4-5-6-8-12(2)13-9-7-10-14(15)11-13/h7,9-12H,3-6,8H2,1-2H3/t12-/m0/s1. The van der Waals surface area contributed by atoms with Gasteiger partial charge >= 0.3 is 0 Å². The van der Waals surface area contributed by atoms with Crippen molar-refractivity contribution in [1.29, 1.82) is 0 Å². The predicted octanol–water partition coefficient (Wildman–Crippen LogP) is 4.90. The van der Waals surface area contributed by atoms with Crippen molar-refractivity contribution in [2.75, 3.05) is 0 Å². The average molecular weight is 208 g/mol. The number of halogens is 1. The summed E-state index contributed by atoms with van der Waals surface area (Å²) >= 11 is 0. The Kier molecular flexibility index (Phi) is 5.38. The summed E-state index contributed by atoms with van der Waals surface area (Å²) in [5.74, 6) is 0.366. The molecule has 0 fully saturated rings. The Balaban J connectivity index is 2.36. The van der Waals surface area contributed by atoms with Gasteiger partial charge < -0.3 is 0 Å². The van der Waals surface area contributed by atoms with Gasteiger partial charge in [0.2, 0.25) is 0 Å². The van der Waals surface area contributed by atoms with Crippen LogP contribution in [0.3, 0.4) is 0 Å². The van der Waals surface area contributed by atoms with Crippen LogP contribution in [0, 0.1) is 5.82 Å². The first-order valence-electron chi connectivity index (χ1n) is 5.99. The molecule has 0 radical (unpaired) electrons. The maximum absolute atomic E-state index is 13.0. The van der Waals surface area contributed by atoms with Gasteiger partial charge in [-0.2, -0.15) is 0 Å². The molecule has 0 bridgehead atoms. The molecule has 1 aromatic rings. The molecule has 0 amide bonds. The second-order valence-corrected chi connectivity index (χ2v) is 4.31. The van der Waals surface area contributed by atoms with Crippen LogP contribution in [-0.4, -0.2) is 0 Å². The fourth-order valence-corrected chi connectivity index (χ4v) is 1.86. The van der Waals surface area contributed by atoms with Crippen molar-refractivity contribution in [2.45, 2.75) is 51.9 Å².